The maximum Gasteiger partial charge on any atom is 0.191 e. The predicted molar refractivity (Wildman–Crippen MR) is 92.1 cm³/mol. The van der Waals surface area contributed by atoms with Crippen molar-refractivity contribution in [3.63, 3.8) is 0 Å². The van der Waals surface area contributed by atoms with Crippen molar-refractivity contribution in [2.75, 3.05) is 13.1 Å². The van der Waals surface area contributed by atoms with Gasteiger partial charge in [0.2, 0.25) is 0 Å². The summed E-state index contributed by atoms with van der Waals surface area (Å²) >= 11 is 1.72. The van der Waals surface area contributed by atoms with Crippen molar-refractivity contribution >= 4 is 41.3 Å². The van der Waals surface area contributed by atoms with Crippen LogP contribution in [0.1, 0.15) is 38.7 Å². The fourth-order valence-corrected chi connectivity index (χ4v) is 2.14. The van der Waals surface area contributed by atoms with Crippen LogP contribution < -0.4 is 10.6 Å². The predicted octanol–water partition coefficient (Wildman–Crippen LogP) is 3.61. The van der Waals surface area contributed by atoms with Gasteiger partial charge >= 0.3 is 0 Å². The minimum Gasteiger partial charge on any atom is -0.357 e. The molecule has 104 valence electrons. The van der Waals surface area contributed by atoms with Crippen LogP contribution in [0.15, 0.2) is 21.8 Å². The quantitative estimate of drug-likeness (QED) is 0.328. The SMILES string of the molecule is CCCCCNC(=NCc1ccsc1)NCC.I. The van der Waals surface area contributed by atoms with Gasteiger partial charge in [0.25, 0.3) is 0 Å². The minimum atomic E-state index is 0. The molecule has 1 aromatic rings. The molecule has 0 aromatic carbocycles. The van der Waals surface area contributed by atoms with Crippen LogP contribution in [-0.4, -0.2) is 19.0 Å². The number of hydrogen-bond acceptors (Lipinski definition) is 2. The van der Waals surface area contributed by atoms with Crippen LogP contribution in [0.3, 0.4) is 0 Å². The van der Waals surface area contributed by atoms with E-state index in [1.807, 2.05) is 0 Å². The van der Waals surface area contributed by atoms with Gasteiger partial charge in [0, 0.05) is 13.1 Å². The second-order valence-electron chi connectivity index (χ2n) is 3.96. The summed E-state index contributed by atoms with van der Waals surface area (Å²) < 4.78 is 0. The molecule has 1 aromatic heterocycles. The molecule has 1 heterocycles. The lowest BCUT2D eigenvalue weighted by Crippen LogP contribution is -2.37. The second kappa shape index (κ2) is 11.8. The zero-order valence-corrected chi connectivity index (χ0v) is 14.4. The van der Waals surface area contributed by atoms with Crippen molar-refractivity contribution in [3.8, 4) is 0 Å². The van der Waals surface area contributed by atoms with E-state index in [0.717, 1.165) is 25.6 Å². The summed E-state index contributed by atoms with van der Waals surface area (Å²) in [4.78, 5) is 4.55. The van der Waals surface area contributed by atoms with Gasteiger partial charge in [-0.05, 0) is 35.7 Å². The standard InChI is InChI=1S/C13H23N3S.HI/c1-3-5-6-8-15-13(14-4-2)16-10-12-7-9-17-11-12;/h7,9,11H,3-6,8,10H2,1-2H3,(H2,14,15,16);1H. The van der Waals surface area contributed by atoms with Crippen molar-refractivity contribution < 1.29 is 0 Å². The summed E-state index contributed by atoms with van der Waals surface area (Å²) in [5, 5.41) is 10.9. The first-order valence-corrected chi connectivity index (χ1v) is 7.34. The Morgan fingerprint density at radius 3 is 2.72 bits per heavy atom. The number of thiophene rings is 1. The summed E-state index contributed by atoms with van der Waals surface area (Å²) in [5.41, 5.74) is 1.28. The second-order valence-corrected chi connectivity index (χ2v) is 4.74. The van der Waals surface area contributed by atoms with Crippen molar-refractivity contribution in [2.45, 2.75) is 39.7 Å². The molecule has 0 saturated carbocycles. The fourth-order valence-electron chi connectivity index (χ4n) is 1.48. The van der Waals surface area contributed by atoms with E-state index >= 15 is 0 Å². The molecule has 0 radical (unpaired) electrons. The highest BCUT2D eigenvalue weighted by Gasteiger charge is 1.97. The monoisotopic (exact) mass is 381 g/mol. The molecule has 0 aliphatic rings. The highest BCUT2D eigenvalue weighted by Crippen LogP contribution is 2.06. The van der Waals surface area contributed by atoms with E-state index in [-0.39, 0.29) is 24.0 Å². The van der Waals surface area contributed by atoms with Gasteiger partial charge in [-0.1, -0.05) is 19.8 Å². The first-order valence-electron chi connectivity index (χ1n) is 6.40. The van der Waals surface area contributed by atoms with E-state index in [0.29, 0.717) is 0 Å². The molecule has 0 amide bonds. The zero-order valence-electron chi connectivity index (χ0n) is 11.2. The summed E-state index contributed by atoms with van der Waals surface area (Å²) in [6, 6.07) is 2.12. The maximum atomic E-state index is 4.55. The highest BCUT2D eigenvalue weighted by atomic mass is 127. The van der Waals surface area contributed by atoms with Crippen LogP contribution in [0, 0.1) is 0 Å². The van der Waals surface area contributed by atoms with E-state index < -0.39 is 0 Å². The average Bonchev–Trinajstić information content (AvgIpc) is 2.84. The minimum absolute atomic E-state index is 0. The number of nitrogens with zero attached hydrogens (tertiary/aromatic N) is 1. The lowest BCUT2D eigenvalue weighted by molar-refractivity contribution is 0.683. The van der Waals surface area contributed by atoms with E-state index in [2.05, 4.69) is 46.3 Å². The molecule has 0 saturated heterocycles. The van der Waals surface area contributed by atoms with Crippen LogP contribution in [-0.2, 0) is 6.54 Å². The lowest BCUT2D eigenvalue weighted by atomic mass is 10.2. The van der Waals surface area contributed by atoms with Gasteiger partial charge in [-0.25, -0.2) is 4.99 Å². The van der Waals surface area contributed by atoms with Crippen molar-refractivity contribution in [1.29, 1.82) is 0 Å². The highest BCUT2D eigenvalue weighted by molar-refractivity contribution is 14.0. The van der Waals surface area contributed by atoms with Gasteiger partial charge in [0.15, 0.2) is 5.96 Å². The van der Waals surface area contributed by atoms with E-state index in [1.165, 1.54) is 24.8 Å². The molecule has 0 fully saturated rings. The van der Waals surface area contributed by atoms with Crippen LogP contribution in [0.25, 0.3) is 0 Å². The number of hydrogen-bond donors (Lipinski definition) is 2. The molecule has 0 aliphatic carbocycles. The summed E-state index contributed by atoms with van der Waals surface area (Å²) in [6.07, 6.45) is 3.74. The zero-order chi connectivity index (χ0) is 12.3. The normalized spacial score (nSPS) is 10.9. The first kappa shape index (κ1) is 17.7. The molecule has 0 aliphatic heterocycles. The van der Waals surface area contributed by atoms with E-state index in [4.69, 9.17) is 0 Å². The Kier molecular flexibility index (Phi) is 11.6. The van der Waals surface area contributed by atoms with Gasteiger partial charge < -0.3 is 10.6 Å². The molecule has 18 heavy (non-hydrogen) atoms. The Morgan fingerprint density at radius 2 is 2.11 bits per heavy atom. The summed E-state index contributed by atoms with van der Waals surface area (Å²) in [6.45, 7) is 6.98. The summed E-state index contributed by atoms with van der Waals surface area (Å²) in [7, 11) is 0. The topological polar surface area (TPSA) is 36.4 Å². The molecule has 0 bridgehead atoms. The Hall–Kier alpha value is -0.300. The number of halogens is 1. The van der Waals surface area contributed by atoms with Gasteiger partial charge in [-0.2, -0.15) is 11.3 Å². The van der Waals surface area contributed by atoms with Crippen LogP contribution in [0.5, 0.6) is 0 Å². The van der Waals surface area contributed by atoms with Gasteiger partial charge in [0.1, 0.15) is 0 Å². The van der Waals surface area contributed by atoms with E-state index in [9.17, 15) is 0 Å². The number of guanidine groups is 1. The maximum absolute atomic E-state index is 4.55. The van der Waals surface area contributed by atoms with Crippen molar-refractivity contribution in [2.24, 2.45) is 4.99 Å². The number of rotatable bonds is 7. The average molecular weight is 381 g/mol. The molecule has 2 N–H and O–H groups in total. The summed E-state index contributed by atoms with van der Waals surface area (Å²) in [5.74, 6) is 0.926. The van der Waals surface area contributed by atoms with Crippen LogP contribution in [0.4, 0.5) is 0 Å². The van der Waals surface area contributed by atoms with Gasteiger partial charge in [-0.3, -0.25) is 0 Å². The third-order valence-corrected chi connectivity index (χ3v) is 3.15. The molecule has 3 nitrogen and oxygen atoms in total. The Balaban J connectivity index is 0.00000289. The Labute approximate surface area is 131 Å². The first-order chi connectivity index (χ1) is 8.36. The molecular weight excluding hydrogens is 357 g/mol. The fraction of sp³-hybridized carbons (Fsp3) is 0.615. The number of unbranched alkanes of at least 4 members (excludes halogenated alkanes) is 2. The smallest absolute Gasteiger partial charge is 0.191 e. The molecule has 5 heteroatoms. The Bertz CT molecular complexity index is 312. The molecular formula is C13H24IN3S. The third-order valence-electron chi connectivity index (χ3n) is 2.42. The lowest BCUT2D eigenvalue weighted by Gasteiger charge is -2.10. The van der Waals surface area contributed by atoms with Gasteiger partial charge in [0.05, 0.1) is 6.54 Å². The van der Waals surface area contributed by atoms with Crippen LogP contribution >= 0.6 is 35.3 Å². The number of aliphatic imine (C=N–C) groups is 1. The Morgan fingerprint density at radius 1 is 1.28 bits per heavy atom. The van der Waals surface area contributed by atoms with Crippen molar-refractivity contribution in [1.82, 2.24) is 10.6 Å². The molecule has 1 rings (SSSR count). The van der Waals surface area contributed by atoms with Crippen molar-refractivity contribution in [3.05, 3.63) is 22.4 Å². The molecule has 0 spiro atoms. The van der Waals surface area contributed by atoms with E-state index in [1.54, 1.807) is 11.3 Å². The van der Waals surface area contributed by atoms with Gasteiger partial charge in [-0.15, -0.1) is 24.0 Å². The largest absolute Gasteiger partial charge is 0.357 e. The molecule has 0 atom stereocenters. The number of nitrogens with one attached hydrogen (secondary N) is 2. The van der Waals surface area contributed by atoms with Crippen LogP contribution in [0.2, 0.25) is 0 Å². The molecule has 0 unspecified atom stereocenters. The third kappa shape index (κ3) is 7.92.